The molecular formula is C20H25NO6. The van der Waals surface area contributed by atoms with Crippen molar-refractivity contribution in [2.24, 2.45) is 0 Å². The summed E-state index contributed by atoms with van der Waals surface area (Å²) in [5.41, 5.74) is 1.40. The SMILES string of the molecule is COc1cc(C(=O)NCC(O)COc2cccc(C)c2)cc(OC)c1OC. The van der Waals surface area contributed by atoms with E-state index in [-0.39, 0.29) is 19.1 Å². The van der Waals surface area contributed by atoms with Gasteiger partial charge in [-0.15, -0.1) is 0 Å². The predicted molar refractivity (Wildman–Crippen MR) is 101 cm³/mol. The van der Waals surface area contributed by atoms with Gasteiger partial charge >= 0.3 is 0 Å². The average molecular weight is 375 g/mol. The number of hydrogen-bond acceptors (Lipinski definition) is 6. The van der Waals surface area contributed by atoms with Crippen molar-refractivity contribution >= 4 is 5.91 Å². The van der Waals surface area contributed by atoms with E-state index in [9.17, 15) is 9.90 Å². The molecule has 0 aromatic heterocycles. The first-order valence-corrected chi connectivity index (χ1v) is 8.44. The summed E-state index contributed by atoms with van der Waals surface area (Å²) in [6.45, 7) is 2.07. The first-order valence-electron chi connectivity index (χ1n) is 8.44. The Kier molecular flexibility index (Phi) is 7.31. The minimum atomic E-state index is -0.850. The molecule has 0 saturated heterocycles. The zero-order valence-electron chi connectivity index (χ0n) is 15.9. The van der Waals surface area contributed by atoms with Crippen LogP contribution in [-0.4, -0.2) is 51.6 Å². The lowest BCUT2D eigenvalue weighted by Gasteiger charge is -2.16. The van der Waals surface area contributed by atoms with Gasteiger partial charge in [-0.3, -0.25) is 4.79 Å². The third-order valence-corrected chi connectivity index (χ3v) is 3.86. The van der Waals surface area contributed by atoms with Gasteiger partial charge < -0.3 is 29.4 Å². The van der Waals surface area contributed by atoms with Crippen LogP contribution in [-0.2, 0) is 0 Å². The molecule has 2 aromatic rings. The van der Waals surface area contributed by atoms with Crippen LogP contribution >= 0.6 is 0 Å². The maximum Gasteiger partial charge on any atom is 0.251 e. The molecule has 0 fully saturated rings. The number of rotatable bonds is 9. The van der Waals surface area contributed by atoms with E-state index in [0.717, 1.165) is 5.56 Å². The fourth-order valence-electron chi connectivity index (χ4n) is 2.48. The molecule has 0 saturated carbocycles. The molecule has 7 heteroatoms. The number of carbonyl (C=O) groups excluding carboxylic acids is 1. The van der Waals surface area contributed by atoms with E-state index in [4.69, 9.17) is 18.9 Å². The highest BCUT2D eigenvalue weighted by Crippen LogP contribution is 2.38. The number of hydrogen-bond donors (Lipinski definition) is 2. The number of amides is 1. The van der Waals surface area contributed by atoms with Crippen LogP contribution in [0.3, 0.4) is 0 Å². The smallest absolute Gasteiger partial charge is 0.251 e. The van der Waals surface area contributed by atoms with Crippen molar-refractivity contribution in [3.63, 3.8) is 0 Å². The van der Waals surface area contributed by atoms with Crippen molar-refractivity contribution in [3.8, 4) is 23.0 Å². The van der Waals surface area contributed by atoms with Crippen molar-refractivity contribution in [1.82, 2.24) is 5.32 Å². The van der Waals surface area contributed by atoms with Crippen molar-refractivity contribution in [1.29, 1.82) is 0 Å². The summed E-state index contributed by atoms with van der Waals surface area (Å²) in [6, 6.07) is 10.6. The number of methoxy groups -OCH3 is 3. The van der Waals surface area contributed by atoms with Gasteiger partial charge in [0, 0.05) is 12.1 Å². The second-order valence-electron chi connectivity index (χ2n) is 5.91. The molecule has 146 valence electrons. The first kappa shape index (κ1) is 20.4. The van der Waals surface area contributed by atoms with Crippen LogP contribution in [0, 0.1) is 6.92 Å². The highest BCUT2D eigenvalue weighted by Gasteiger charge is 2.17. The summed E-state index contributed by atoms with van der Waals surface area (Å²) in [7, 11) is 4.45. The molecule has 0 bridgehead atoms. The van der Waals surface area contributed by atoms with E-state index in [2.05, 4.69) is 5.32 Å². The highest BCUT2D eigenvalue weighted by molar-refractivity contribution is 5.95. The van der Waals surface area contributed by atoms with Gasteiger partial charge in [0.2, 0.25) is 5.75 Å². The van der Waals surface area contributed by atoms with Crippen LogP contribution in [0.2, 0.25) is 0 Å². The van der Waals surface area contributed by atoms with Gasteiger partial charge in [0.05, 0.1) is 21.3 Å². The molecule has 7 nitrogen and oxygen atoms in total. The van der Waals surface area contributed by atoms with Crippen molar-refractivity contribution in [3.05, 3.63) is 47.5 Å². The molecule has 0 aliphatic heterocycles. The lowest BCUT2D eigenvalue weighted by molar-refractivity contribution is 0.0843. The molecule has 0 spiro atoms. The Balaban J connectivity index is 1.94. The van der Waals surface area contributed by atoms with Crippen LogP contribution in [0.4, 0.5) is 0 Å². The zero-order valence-corrected chi connectivity index (χ0v) is 15.9. The summed E-state index contributed by atoms with van der Waals surface area (Å²) in [6.07, 6.45) is -0.850. The Morgan fingerprint density at radius 2 is 1.74 bits per heavy atom. The summed E-state index contributed by atoms with van der Waals surface area (Å²) in [5, 5.41) is 12.7. The number of nitrogens with one attached hydrogen (secondary N) is 1. The molecule has 2 rings (SSSR count). The Hall–Kier alpha value is -2.93. The lowest BCUT2D eigenvalue weighted by atomic mass is 10.1. The third-order valence-electron chi connectivity index (χ3n) is 3.86. The lowest BCUT2D eigenvalue weighted by Crippen LogP contribution is -2.35. The van der Waals surface area contributed by atoms with Gasteiger partial charge in [0.1, 0.15) is 18.5 Å². The van der Waals surface area contributed by atoms with Crippen LogP contribution in [0.5, 0.6) is 23.0 Å². The molecule has 1 unspecified atom stereocenters. The summed E-state index contributed by atoms with van der Waals surface area (Å²) < 4.78 is 21.2. The highest BCUT2D eigenvalue weighted by atomic mass is 16.5. The van der Waals surface area contributed by atoms with Gasteiger partial charge in [-0.25, -0.2) is 0 Å². The van der Waals surface area contributed by atoms with E-state index in [1.807, 2.05) is 31.2 Å². The van der Waals surface area contributed by atoms with Gasteiger partial charge in [-0.1, -0.05) is 12.1 Å². The van der Waals surface area contributed by atoms with E-state index >= 15 is 0 Å². The van der Waals surface area contributed by atoms with E-state index in [1.54, 1.807) is 12.1 Å². The molecule has 1 amide bonds. The molecule has 0 radical (unpaired) electrons. The standard InChI is InChI=1S/C20H25NO6/c1-13-6-5-7-16(8-13)27-12-15(22)11-21-20(23)14-9-17(24-2)19(26-4)18(10-14)25-3/h5-10,15,22H,11-12H2,1-4H3,(H,21,23). The van der Waals surface area contributed by atoms with E-state index in [0.29, 0.717) is 28.6 Å². The fraction of sp³-hybridized carbons (Fsp3) is 0.350. The number of carbonyl (C=O) groups is 1. The monoisotopic (exact) mass is 375 g/mol. The summed E-state index contributed by atoms with van der Waals surface area (Å²) in [4.78, 5) is 12.4. The van der Waals surface area contributed by atoms with Crippen LogP contribution in [0.25, 0.3) is 0 Å². The molecule has 2 aromatic carbocycles. The fourth-order valence-corrected chi connectivity index (χ4v) is 2.48. The third kappa shape index (κ3) is 5.52. The summed E-state index contributed by atoms with van der Waals surface area (Å²) in [5.74, 6) is 1.47. The maximum atomic E-state index is 12.4. The minimum absolute atomic E-state index is 0.0430. The van der Waals surface area contributed by atoms with Crippen LogP contribution in [0.15, 0.2) is 36.4 Å². The van der Waals surface area contributed by atoms with Crippen molar-refractivity contribution in [2.45, 2.75) is 13.0 Å². The number of aryl methyl sites for hydroxylation is 1. The molecule has 0 heterocycles. The topological polar surface area (TPSA) is 86.3 Å². The largest absolute Gasteiger partial charge is 0.493 e. The number of aliphatic hydroxyl groups is 1. The Morgan fingerprint density at radius 1 is 1.07 bits per heavy atom. The second kappa shape index (κ2) is 9.68. The minimum Gasteiger partial charge on any atom is -0.493 e. The van der Waals surface area contributed by atoms with Crippen LogP contribution in [0.1, 0.15) is 15.9 Å². The second-order valence-corrected chi connectivity index (χ2v) is 5.91. The van der Waals surface area contributed by atoms with Crippen molar-refractivity contribution in [2.75, 3.05) is 34.5 Å². The Morgan fingerprint density at radius 3 is 2.30 bits per heavy atom. The number of aliphatic hydroxyl groups excluding tert-OH is 1. The molecule has 0 aliphatic carbocycles. The molecule has 27 heavy (non-hydrogen) atoms. The Labute approximate surface area is 158 Å². The zero-order chi connectivity index (χ0) is 19.8. The average Bonchev–Trinajstić information content (AvgIpc) is 2.69. The predicted octanol–water partition coefficient (Wildman–Crippen LogP) is 2.19. The number of benzene rings is 2. The molecule has 2 N–H and O–H groups in total. The van der Waals surface area contributed by atoms with Gasteiger partial charge in [-0.05, 0) is 36.8 Å². The molecule has 1 atom stereocenters. The Bertz CT molecular complexity index is 752. The van der Waals surface area contributed by atoms with Crippen LogP contribution < -0.4 is 24.3 Å². The van der Waals surface area contributed by atoms with E-state index in [1.165, 1.54) is 21.3 Å². The van der Waals surface area contributed by atoms with Crippen molar-refractivity contribution < 1.29 is 28.8 Å². The summed E-state index contributed by atoms with van der Waals surface area (Å²) >= 11 is 0. The normalized spacial score (nSPS) is 11.4. The number of ether oxygens (including phenoxy) is 4. The first-order chi connectivity index (χ1) is 13.0. The van der Waals surface area contributed by atoms with Gasteiger partial charge in [0.15, 0.2) is 11.5 Å². The van der Waals surface area contributed by atoms with Gasteiger partial charge in [-0.2, -0.15) is 0 Å². The quantitative estimate of drug-likeness (QED) is 0.699. The van der Waals surface area contributed by atoms with Gasteiger partial charge in [0.25, 0.3) is 5.91 Å². The maximum absolute atomic E-state index is 12.4. The molecule has 0 aliphatic rings. The molecular weight excluding hydrogens is 350 g/mol. The van der Waals surface area contributed by atoms with E-state index < -0.39 is 6.10 Å².